The molecule has 0 radical (unpaired) electrons. The maximum Gasteiger partial charge on any atom is 0.358 e. The molecule has 0 fully saturated rings. The fourth-order valence-corrected chi connectivity index (χ4v) is 3.20. The molecule has 0 saturated carbocycles. The first-order valence-electron chi connectivity index (χ1n) is 7.74. The van der Waals surface area contributed by atoms with E-state index in [0.29, 0.717) is 15.8 Å². The predicted molar refractivity (Wildman–Crippen MR) is 98.1 cm³/mol. The quantitative estimate of drug-likeness (QED) is 0.641. The van der Waals surface area contributed by atoms with Crippen LogP contribution < -0.4 is 5.32 Å². The van der Waals surface area contributed by atoms with Crippen molar-refractivity contribution < 1.29 is 18.7 Å². The largest absolute Gasteiger partial charge is 0.467 e. The van der Waals surface area contributed by atoms with Gasteiger partial charge in [0.15, 0.2) is 12.3 Å². The third-order valence-corrected chi connectivity index (χ3v) is 4.59. The highest BCUT2D eigenvalue weighted by molar-refractivity contribution is 7.13. The van der Waals surface area contributed by atoms with Crippen molar-refractivity contribution >= 4 is 34.8 Å². The number of ether oxygens (including phenoxy) is 1. The second-order valence-corrected chi connectivity index (χ2v) is 6.72. The first kappa shape index (κ1) is 18.2. The molecule has 0 aliphatic carbocycles. The first-order valence-corrected chi connectivity index (χ1v) is 9.00. The molecule has 6 nitrogen and oxygen atoms in total. The normalized spacial score (nSPS) is 11.8. The van der Waals surface area contributed by atoms with Gasteiger partial charge < -0.3 is 14.5 Å². The summed E-state index contributed by atoms with van der Waals surface area (Å²) in [6.07, 6.45) is 1.53. The van der Waals surface area contributed by atoms with Crippen molar-refractivity contribution in [1.29, 1.82) is 0 Å². The van der Waals surface area contributed by atoms with E-state index in [1.54, 1.807) is 36.6 Å². The lowest BCUT2D eigenvalue weighted by atomic mass is 10.2. The average molecular weight is 391 g/mol. The van der Waals surface area contributed by atoms with E-state index < -0.39 is 18.5 Å². The Labute approximate surface area is 158 Å². The van der Waals surface area contributed by atoms with Gasteiger partial charge in [-0.1, -0.05) is 23.7 Å². The Morgan fingerprint density at radius 1 is 1.35 bits per heavy atom. The number of thiazole rings is 1. The molecule has 3 rings (SSSR count). The van der Waals surface area contributed by atoms with Gasteiger partial charge in [0.2, 0.25) is 0 Å². The first-order chi connectivity index (χ1) is 12.5. The lowest BCUT2D eigenvalue weighted by Gasteiger charge is -2.11. The number of hydrogen-bond acceptors (Lipinski definition) is 6. The lowest BCUT2D eigenvalue weighted by molar-refractivity contribution is -0.125. The van der Waals surface area contributed by atoms with E-state index in [-0.39, 0.29) is 11.7 Å². The number of carbonyl (C=O) groups is 2. The number of furan rings is 1. The highest BCUT2D eigenvalue weighted by Gasteiger charge is 2.17. The summed E-state index contributed by atoms with van der Waals surface area (Å²) in [7, 11) is 0. The van der Waals surface area contributed by atoms with E-state index in [1.807, 2.05) is 12.1 Å². The molecule has 134 valence electrons. The third kappa shape index (κ3) is 4.50. The Bertz CT molecular complexity index is 908. The number of carbonyl (C=O) groups excluding carboxylic acids is 2. The fourth-order valence-electron chi connectivity index (χ4n) is 2.22. The summed E-state index contributed by atoms with van der Waals surface area (Å²) in [4.78, 5) is 28.2. The number of amides is 1. The van der Waals surface area contributed by atoms with Crippen LogP contribution in [0.4, 0.5) is 0 Å². The molecule has 3 aromatic rings. The van der Waals surface area contributed by atoms with Gasteiger partial charge in [-0.3, -0.25) is 4.79 Å². The summed E-state index contributed by atoms with van der Waals surface area (Å²) in [5.74, 6) is -0.460. The second-order valence-electron chi connectivity index (χ2n) is 5.43. The number of benzene rings is 1. The van der Waals surface area contributed by atoms with E-state index in [1.165, 1.54) is 17.6 Å². The summed E-state index contributed by atoms with van der Waals surface area (Å²) in [5, 5.41) is 5.50. The van der Waals surface area contributed by atoms with Crippen molar-refractivity contribution in [3.8, 4) is 10.6 Å². The zero-order chi connectivity index (χ0) is 18.5. The molecular formula is C18H15ClN2O4S. The smallest absolute Gasteiger partial charge is 0.358 e. The topological polar surface area (TPSA) is 81.4 Å². The third-order valence-electron chi connectivity index (χ3n) is 3.47. The zero-order valence-electron chi connectivity index (χ0n) is 13.8. The summed E-state index contributed by atoms with van der Waals surface area (Å²) < 4.78 is 10.2. The highest BCUT2D eigenvalue weighted by Crippen LogP contribution is 2.26. The summed E-state index contributed by atoms with van der Waals surface area (Å²) in [6, 6.07) is 10.4. The molecule has 0 spiro atoms. The molecule has 8 heteroatoms. The van der Waals surface area contributed by atoms with Gasteiger partial charge >= 0.3 is 5.97 Å². The van der Waals surface area contributed by atoms with Crippen LogP contribution in [0.25, 0.3) is 10.6 Å². The molecule has 0 aliphatic heterocycles. The van der Waals surface area contributed by atoms with Crippen molar-refractivity contribution in [2.75, 3.05) is 6.61 Å². The minimum absolute atomic E-state index is 0.150. The van der Waals surface area contributed by atoms with E-state index >= 15 is 0 Å². The Morgan fingerprint density at radius 2 is 2.19 bits per heavy atom. The van der Waals surface area contributed by atoms with Crippen LogP contribution in [-0.2, 0) is 9.53 Å². The average Bonchev–Trinajstić information content (AvgIpc) is 3.31. The molecule has 1 N–H and O–H groups in total. The molecule has 1 atom stereocenters. The summed E-state index contributed by atoms with van der Waals surface area (Å²) in [5.41, 5.74) is 0.962. The number of hydrogen-bond donors (Lipinski definition) is 1. The van der Waals surface area contributed by atoms with Crippen molar-refractivity contribution in [3.63, 3.8) is 0 Å². The summed E-state index contributed by atoms with van der Waals surface area (Å²) >= 11 is 7.26. The van der Waals surface area contributed by atoms with Crippen molar-refractivity contribution in [2.24, 2.45) is 0 Å². The van der Waals surface area contributed by atoms with E-state index in [9.17, 15) is 9.59 Å². The fraction of sp³-hybridized carbons (Fsp3) is 0.167. The van der Waals surface area contributed by atoms with Gasteiger partial charge in [0.05, 0.1) is 12.3 Å². The van der Waals surface area contributed by atoms with Crippen LogP contribution in [0.15, 0.2) is 52.5 Å². The van der Waals surface area contributed by atoms with Crippen LogP contribution in [0.2, 0.25) is 5.02 Å². The van der Waals surface area contributed by atoms with Crippen LogP contribution in [0.1, 0.15) is 29.2 Å². The SMILES string of the molecule is C[C@H](NC(=O)COC(=O)c1csc(-c2cccc(Cl)c2)n1)c1ccco1. The molecular weight excluding hydrogens is 376 g/mol. The molecule has 0 aliphatic rings. The van der Waals surface area contributed by atoms with Gasteiger partial charge in [-0.2, -0.15) is 0 Å². The van der Waals surface area contributed by atoms with Crippen molar-refractivity contribution in [2.45, 2.75) is 13.0 Å². The Morgan fingerprint density at radius 3 is 2.92 bits per heavy atom. The zero-order valence-corrected chi connectivity index (χ0v) is 15.3. The van der Waals surface area contributed by atoms with E-state index in [0.717, 1.165) is 5.56 Å². The van der Waals surface area contributed by atoms with Crippen LogP contribution >= 0.6 is 22.9 Å². The van der Waals surface area contributed by atoms with E-state index in [4.69, 9.17) is 20.8 Å². The Kier molecular flexibility index (Phi) is 5.70. The number of nitrogens with one attached hydrogen (secondary N) is 1. The monoisotopic (exact) mass is 390 g/mol. The molecule has 0 saturated heterocycles. The minimum Gasteiger partial charge on any atom is -0.467 e. The minimum atomic E-state index is -0.657. The second kappa shape index (κ2) is 8.16. The number of esters is 1. The van der Waals surface area contributed by atoms with Crippen LogP contribution in [-0.4, -0.2) is 23.5 Å². The number of halogens is 1. The van der Waals surface area contributed by atoms with Gasteiger partial charge in [-0.25, -0.2) is 9.78 Å². The maximum absolute atomic E-state index is 12.1. The molecule has 2 aromatic heterocycles. The van der Waals surface area contributed by atoms with Crippen LogP contribution in [0.3, 0.4) is 0 Å². The number of nitrogens with zero attached hydrogens (tertiary/aromatic N) is 1. The standard InChI is InChI=1S/C18H15ClN2O4S/c1-11(15-6-3-7-24-15)20-16(22)9-25-18(23)14-10-26-17(21-14)12-4-2-5-13(19)8-12/h2-8,10-11H,9H2,1H3,(H,20,22)/t11-/m0/s1. The van der Waals surface area contributed by atoms with Gasteiger partial charge in [0, 0.05) is 16.0 Å². The molecule has 1 aromatic carbocycles. The number of rotatable bonds is 6. The molecule has 0 bridgehead atoms. The van der Waals surface area contributed by atoms with Gasteiger partial charge in [0.25, 0.3) is 5.91 Å². The molecule has 0 unspecified atom stereocenters. The van der Waals surface area contributed by atoms with Crippen LogP contribution in [0, 0.1) is 0 Å². The Balaban J connectivity index is 1.54. The summed E-state index contributed by atoms with van der Waals surface area (Å²) in [6.45, 7) is 1.38. The highest BCUT2D eigenvalue weighted by atomic mass is 35.5. The molecule has 1 amide bonds. The van der Waals surface area contributed by atoms with Crippen molar-refractivity contribution in [3.05, 3.63) is 64.5 Å². The van der Waals surface area contributed by atoms with Crippen LogP contribution in [0.5, 0.6) is 0 Å². The van der Waals surface area contributed by atoms with E-state index in [2.05, 4.69) is 10.3 Å². The van der Waals surface area contributed by atoms with Gasteiger partial charge in [-0.05, 0) is 31.2 Å². The molecule has 2 heterocycles. The predicted octanol–water partition coefficient (Wildman–Crippen LogP) is 4.09. The van der Waals surface area contributed by atoms with Gasteiger partial charge in [0.1, 0.15) is 10.8 Å². The lowest BCUT2D eigenvalue weighted by Crippen LogP contribution is -2.31. The molecule has 26 heavy (non-hydrogen) atoms. The van der Waals surface area contributed by atoms with Crippen molar-refractivity contribution in [1.82, 2.24) is 10.3 Å². The van der Waals surface area contributed by atoms with Gasteiger partial charge in [-0.15, -0.1) is 11.3 Å². The number of aromatic nitrogens is 1. The maximum atomic E-state index is 12.1. The Hall–Kier alpha value is -2.64.